The number of hydrogen-bond donors (Lipinski definition) is 3. The van der Waals surface area contributed by atoms with E-state index in [9.17, 15) is 9.59 Å². The van der Waals surface area contributed by atoms with Gasteiger partial charge in [-0.25, -0.2) is 4.98 Å². The zero-order chi connectivity index (χ0) is 18.6. The molecule has 0 radical (unpaired) electrons. The van der Waals surface area contributed by atoms with Crippen molar-refractivity contribution in [1.82, 2.24) is 10.3 Å². The van der Waals surface area contributed by atoms with Crippen molar-refractivity contribution >= 4 is 17.6 Å². The lowest BCUT2D eigenvalue weighted by atomic mass is 9.97. The molecule has 1 aromatic heterocycles. The Labute approximate surface area is 147 Å². The third-order valence-electron chi connectivity index (χ3n) is 4.31. The number of nitrogens with one attached hydrogen (secondary N) is 1. The monoisotopic (exact) mass is 340 g/mol. The molecule has 1 heterocycles. The highest BCUT2D eigenvalue weighted by Gasteiger charge is 2.24. The van der Waals surface area contributed by atoms with Gasteiger partial charge in [-0.05, 0) is 42.7 Å². The maximum absolute atomic E-state index is 12.5. The summed E-state index contributed by atoms with van der Waals surface area (Å²) in [5.74, 6) is -0.510. The molecule has 5 N–H and O–H groups in total. The van der Waals surface area contributed by atoms with Gasteiger partial charge in [0.25, 0.3) is 5.91 Å². The van der Waals surface area contributed by atoms with Gasteiger partial charge < -0.3 is 16.8 Å². The first-order valence-electron chi connectivity index (χ1n) is 8.27. The van der Waals surface area contributed by atoms with E-state index in [1.807, 2.05) is 39.0 Å². The van der Waals surface area contributed by atoms with Crippen molar-refractivity contribution in [1.29, 1.82) is 0 Å². The molecule has 2 aromatic rings. The Balaban J connectivity index is 2.28. The van der Waals surface area contributed by atoms with Gasteiger partial charge in [0.05, 0.1) is 0 Å². The normalized spacial score (nSPS) is 13.1. The van der Waals surface area contributed by atoms with Crippen molar-refractivity contribution in [3.05, 3.63) is 47.7 Å². The molecule has 25 heavy (non-hydrogen) atoms. The molecule has 6 heteroatoms. The van der Waals surface area contributed by atoms with Gasteiger partial charge in [-0.1, -0.05) is 32.4 Å². The van der Waals surface area contributed by atoms with Crippen LogP contribution in [0.4, 0.5) is 5.82 Å². The molecular weight excluding hydrogens is 316 g/mol. The number of nitrogen functional groups attached to an aromatic ring is 1. The smallest absolute Gasteiger partial charge is 0.251 e. The standard InChI is InChI=1S/C19H24N4O2/c1-4-11(2)16(18(21)24)23-19(25)14-7-5-6-13(10-14)15-9-8-12(3)22-17(15)20/h5-11,16H,4H2,1-3H3,(H2,20,22)(H2,21,24)(H,23,25)/t11-,16-/m0/s1. The first kappa shape index (κ1) is 18.4. The maximum Gasteiger partial charge on any atom is 0.251 e. The number of amides is 2. The number of benzene rings is 1. The van der Waals surface area contributed by atoms with Crippen molar-refractivity contribution in [2.24, 2.45) is 11.7 Å². The third-order valence-corrected chi connectivity index (χ3v) is 4.31. The van der Waals surface area contributed by atoms with E-state index in [1.54, 1.807) is 18.2 Å². The Hall–Kier alpha value is -2.89. The first-order valence-corrected chi connectivity index (χ1v) is 8.27. The van der Waals surface area contributed by atoms with Crippen LogP contribution in [0.1, 0.15) is 36.3 Å². The van der Waals surface area contributed by atoms with Crippen LogP contribution in [-0.4, -0.2) is 22.8 Å². The number of nitrogens with zero attached hydrogens (tertiary/aromatic N) is 1. The maximum atomic E-state index is 12.5. The van der Waals surface area contributed by atoms with Crippen LogP contribution in [0.15, 0.2) is 36.4 Å². The SMILES string of the molecule is CC[C@H](C)[C@H](NC(=O)c1cccc(-c2ccc(C)nc2N)c1)C(N)=O. The fourth-order valence-corrected chi connectivity index (χ4v) is 2.60. The number of pyridine rings is 1. The Kier molecular flexibility index (Phi) is 5.75. The van der Waals surface area contributed by atoms with Gasteiger partial charge in [-0.3, -0.25) is 9.59 Å². The van der Waals surface area contributed by atoms with E-state index in [1.165, 1.54) is 0 Å². The van der Waals surface area contributed by atoms with Crippen molar-refractivity contribution in [3.8, 4) is 11.1 Å². The van der Waals surface area contributed by atoms with Crippen LogP contribution in [0, 0.1) is 12.8 Å². The molecule has 1 aromatic carbocycles. The number of carbonyl (C=O) groups is 2. The van der Waals surface area contributed by atoms with Crippen molar-refractivity contribution < 1.29 is 9.59 Å². The summed E-state index contributed by atoms with van der Waals surface area (Å²) >= 11 is 0. The quantitative estimate of drug-likeness (QED) is 0.749. The van der Waals surface area contributed by atoms with Gasteiger partial charge in [-0.15, -0.1) is 0 Å². The fraction of sp³-hybridized carbons (Fsp3) is 0.316. The summed E-state index contributed by atoms with van der Waals surface area (Å²) in [6.07, 6.45) is 0.736. The summed E-state index contributed by atoms with van der Waals surface area (Å²) in [6, 6.07) is 10.1. The first-order chi connectivity index (χ1) is 11.8. The molecule has 2 rings (SSSR count). The van der Waals surface area contributed by atoms with Gasteiger partial charge in [0, 0.05) is 16.8 Å². The van der Waals surface area contributed by atoms with Crippen LogP contribution >= 0.6 is 0 Å². The van der Waals surface area contributed by atoms with E-state index in [0.29, 0.717) is 11.4 Å². The van der Waals surface area contributed by atoms with Gasteiger partial charge in [0.1, 0.15) is 11.9 Å². The van der Waals surface area contributed by atoms with Crippen LogP contribution in [-0.2, 0) is 4.79 Å². The average Bonchev–Trinajstić information content (AvgIpc) is 2.58. The van der Waals surface area contributed by atoms with E-state index in [4.69, 9.17) is 11.5 Å². The number of rotatable bonds is 6. The van der Waals surface area contributed by atoms with Gasteiger partial charge in [0.15, 0.2) is 0 Å². The number of aryl methyl sites for hydroxylation is 1. The highest BCUT2D eigenvalue weighted by Crippen LogP contribution is 2.25. The predicted octanol–water partition coefficient (Wildman–Crippen LogP) is 2.27. The lowest BCUT2D eigenvalue weighted by molar-refractivity contribution is -0.120. The summed E-state index contributed by atoms with van der Waals surface area (Å²) in [5, 5.41) is 2.73. The van der Waals surface area contributed by atoms with E-state index < -0.39 is 11.9 Å². The van der Waals surface area contributed by atoms with E-state index in [-0.39, 0.29) is 11.8 Å². The second kappa shape index (κ2) is 7.79. The second-order valence-electron chi connectivity index (χ2n) is 6.21. The number of carbonyl (C=O) groups excluding carboxylic acids is 2. The molecule has 0 spiro atoms. The van der Waals surface area contributed by atoms with Crippen molar-refractivity contribution in [2.75, 3.05) is 5.73 Å². The molecular formula is C19H24N4O2. The topological polar surface area (TPSA) is 111 Å². The Morgan fingerprint density at radius 2 is 1.96 bits per heavy atom. The zero-order valence-electron chi connectivity index (χ0n) is 14.7. The van der Waals surface area contributed by atoms with Gasteiger partial charge in [-0.2, -0.15) is 0 Å². The molecule has 6 nitrogen and oxygen atoms in total. The van der Waals surface area contributed by atoms with E-state index >= 15 is 0 Å². The Morgan fingerprint density at radius 1 is 1.24 bits per heavy atom. The number of aromatic nitrogens is 1. The number of hydrogen-bond acceptors (Lipinski definition) is 4. The van der Waals surface area contributed by atoms with Crippen molar-refractivity contribution in [2.45, 2.75) is 33.2 Å². The third kappa shape index (κ3) is 4.35. The average molecular weight is 340 g/mol. The molecule has 0 bridgehead atoms. The summed E-state index contributed by atoms with van der Waals surface area (Å²) < 4.78 is 0. The van der Waals surface area contributed by atoms with Crippen LogP contribution in [0.5, 0.6) is 0 Å². The summed E-state index contributed by atoms with van der Waals surface area (Å²) in [7, 11) is 0. The summed E-state index contributed by atoms with van der Waals surface area (Å²) in [5.41, 5.74) is 14.2. The molecule has 0 aliphatic rings. The summed E-state index contributed by atoms with van der Waals surface area (Å²) in [6.45, 7) is 5.69. The van der Waals surface area contributed by atoms with Gasteiger partial charge >= 0.3 is 0 Å². The minimum Gasteiger partial charge on any atom is -0.383 e. The predicted molar refractivity (Wildman–Crippen MR) is 98.7 cm³/mol. The second-order valence-corrected chi connectivity index (χ2v) is 6.21. The lowest BCUT2D eigenvalue weighted by Crippen LogP contribution is -2.48. The molecule has 132 valence electrons. The molecule has 0 aliphatic heterocycles. The van der Waals surface area contributed by atoms with E-state index in [2.05, 4.69) is 10.3 Å². The molecule has 0 saturated carbocycles. The Morgan fingerprint density at radius 3 is 2.56 bits per heavy atom. The molecule has 0 fully saturated rings. The van der Waals surface area contributed by atoms with Crippen LogP contribution < -0.4 is 16.8 Å². The van der Waals surface area contributed by atoms with Crippen LogP contribution in [0.3, 0.4) is 0 Å². The highest BCUT2D eigenvalue weighted by molar-refractivity contribution is 5.98. The minimum atomic E-state index is -0.702. The molecule has 0 saturated heterocycles. The molecule has 2 amide bonds. The number of anilines is 1. The number of primary amides is 1. The molecule has 0 unspecified atom stereocenters. The molecule has 2 atom stereocenters. The van der Waals surface area contributed by atoms with Crippen LogP contribution in [0.25, 0.3) is 11.1 Å². The lowest BCUT2D eigenvalue weighted by Gasteiger charge is -2.21. The summed E-state index contributed by atoms with van der Waals surface area (Å²) in [4.78, 5) is 28.4. The molecule has 0 aliphatic carbocycles. The fourth-order valence-electron chi connectivity index (χ4n) is 2.60. The van der Waals surface area contributed by atoms with E-state index in [0.717, 1.165) is 23.2 Å². The van der Waals surface area contributed by atoms with Crippen molar-refractivity contribution in [3.63, 3.8) is 0 Å². The highest BCUT2D eigenvalue weighted by atomic mass is 16.2. The number of nitrogens with two attached hydrogens (primary N) is 2. The van der Waals surface area contributed by atoms with Gasteiger partial charge in [0.2, 0.25) is 5.91 Å². The minimum absolute atomic E-state index is 0.0402. The Bertz CT molecular complexity index is 789. The van der Waals surface area contributed by atoms with Crippen LogP contribution in [0.2, 0.25) is 0 Å². The zero-order valence-corrected chi connectivity index (χ0v) is 14.7. The largest absolute Gasteiger partial charge is 0.383 e.